The molecule has 1 aromatic rings. The molecule has 0 aliphatic carbocycles. The summed E-state index contributed by atoms with van der Waals surface area (Å²) in [5.74, 6) is 0.248. The second-order valence-electron chi connectivity index (χ2n) is 5.00. The van der Waals surface area contributed by atoms with Gasteiger partial charge in [0.25, 0.3) is 5.91 Å². The lowest BCUT2D eigenvalue weighted by Crippen LogP contribution is -2.44. The van der Waals surface area contributed by atoms with Gasteiger partial charge in [-0.2, -0.15) is 0 Å². The first kappa shape index (κ1) is 15.8. The molecule has 0 unspecified atom stereocenters. The minimum atomic E-state index is -0.245. The molecule has 0 aromatic heterocycles. The van der Waals surface area contributed by atoms with Gasteiger partial charge in [-0.15, -0.1) is 0 Å². The molecule has 0 spiro atoms. The van der Waals surface area contributed by atoms with Crippen molar-refractivity contribution in [2.45, 2.75) is 39.3 Å². The molecule has 5 heteroatoms. The third-order valence-corrected chi connectivity index (χ3v) is 3.19. The minimum absolute atomic E-state index is 0.0782. The van der Waals surface area contributed by atoms with Gasteiger partial charge >= 0.3 is 0 Å². The van der Waals surface area contributed by atoms with Crippen LogP contribution in [0.1, 0.15) is 32.8 Å². The molecule has 0 bridgehead atoms. The van der Waals surface area contributed by atoms with E-state index in [1.54, 1.807) is 18.2 Å². The number of ether oxygens (including phenoxy) is 1. The fourth-order valence-corrected chi connectivity index (χ4v) is 1.66. The summed E-state index contributed by atoms with van der Waals surface area (Å²) >= 11 is 5.98. The van der Waals surface area contributed by atoms with E-state index in [0.29, 0.717) is 16.3 Å². The van der Waals surface area contributed by atoms with E-state index in [0.717, 1.165) is 6.42 Å². The summed E-state index contributed by atoms with van der Waals surface area (Å²) in [6, 6.07) is 4.96. The Kier molecular flexibility index (Phi) is 5.63. The topological polar surface area (TPSA) is 58.6 Å². The number of carbonyl (C=O) groups is 1. The summed E-state index contributed by atoms with van der Waals surface area (Å²) in [6.07, 6.45) is 0.838. The number of benzene rings is 1. The maximum absolute atomic E-state index is 11.7. The fraction of sp³-hybridized carbons (Fsp3) is 0.500. The summed E-state index contributed by atoms with van der Waals surface area (Å²) in [5, 5.41) is 12.2. The zero-order chi connectivity index (χ0) is 14.5. The van der Waals surface area contributed by atoms with Gasteiger partial charge in [-0.3, -0.25) is 4.79 Å². The molecule has 1 rings (SSSR count). The monoisotopic (exact) mass is 285 g/mol. The molecule has 0 radical (unpaired) electrons. The van der Waals surface area contributed by atoms with E-state index in [1.807, 2.05) is 20.8 Å². The first-order valence-electron chi connectivity index (χ1n) is 6.21. The van der Waals surface area contributed by atoms with Crippen LogP contribution in [-0.2, 0) is 11.4 Å². The number of aliphatic hydroxyl groups excluding tert-OH is 1. The first-order chi connectivity index (χ1) is 8.88. The van der Waals surface area contributed by atoms with Crippen LogP contribution in [0.4, 0.5) is 0 Å². The molecule has 4 nitrogen and oxygen atoms in total. The zero-order valence-electron chi connectivity index (χ0n) is 11.5. The SMILES string of the molecule is CCC(C)(C)NC(=O)COc1ccc(CO)cc1Cl. The van der Waals surface area contributed by atoms with Crippen molar-refractivity contribution in [3.05, 3.63) is 28.8 Å². The minimum Gasteiger partial charge on any atom is -0.482 e. The lowest BCUT2D eigenvalue weighted by molar-refractivity contribution is -0.124. The third kappa shape index (κ3) is 5.09. The van der Waals surface area contributed by atoms with Crippen LogP contribution in [0.3, 0.4) is 0 Å². The largest absolute Gasteiger partial charge is 0.482 e. The number of amides is 1. The summed E-state index contributed by atoms with van der Waals surface area (Å²) in [5.41, 5.74) is 0.458. The molecule has 0 aliphatic heterocycles. The van der Waals surface area contributed by atoms with Gasteiger partial charge in [0.2, 0.25) is 0 Å². The van der Waals surface area contributed by atoms with Crippen molar-refractivity contribution in [2.75, 3.05) is 6.61 Å². The highest BCUT2D eigenvalue weighted by Gasteiger charge is 2.18. The quantitative estimate of drug-likeness (QED) is 0.844. The molecule has 1 amide bonds. The lowest BCUT2D eigenvalue weighted by atomic mass is 10.0. The van der Waals surface area contributed by atoms with Crippen molar-refractivity contribution < 1.29 is 14.6 Å². The fourth-order valence-electron chi connectivity index (χ4n) is 1.40. The number of rotatable bonds is 6. The number of hydrogen-bond acceptors (Lipinski definition) is 3. The predicted molar refractivity (Wildman–Crippen MR) is 75.4 cm³/mol. The summed E-state index contributed by atoms with van der Waals surface area (Å²) < 4.78 is 5.36. The predicted octanol–water partition coefficient (Wildman–Crippen LogP) is 2.52. The molecule has 19 heavy (non-hydrogen) atoms. The van der Waals surface area contributed by atoms with Gasteiger partial charge in [-0.05, 0) is 38.0 Å². The van der Waals surface area contributed by atoms with E-state index in [4.69, 9.17) is 21.4 Å². The zero-order valence-corrected chi connectivity index (χ0v) is 12.3. The average Bonchev–Trinajstić information content (AvgIpc) is 2.36. The second kappa shape index (κ2) is 6.78. The van der Waals surface area contributed by atoms with Crippen molar-refractivity contribution >= 4 is 17.5 Å². The third-order valence-electron chi connectivity index (χ3n) is 2.90. The maximum Gasteiger partial charge on any atom is 0.258 e. The molecular weight excluding hydrogens is 266 g/mol. The Morgan fingerprint density at radius 1 is 1.47 bits per heavy atom. The Hall–Kier alpha value is -1.26. The van der Waals surface area contributed by atoms with Gasteiger partial charge in [-0.1, -0.05) is 24.6 Å². The van der Waals surface area contributed by atoms with E-state index < -0.39 is 0 Å². The maximum atomic E-state index is 11.7. The number of aliphatic hydroxyl groups is 1. The molecular formula is C14H20ClNO3. The normalized spacial score (nSPS) is 11.2. The van der Waals surface area contributed by atoms with E-state index in [2.05, 4.69) is 5.32 Å². The van der Waals surface area contributed by atoms with E-state index in [1.165, 1.54) is 0 Å². The van der Waals surface area contributed by atoms with Crippen LogP contribution >= 0.6 is 11.6 Å². The smallest absolute Gasteiger partial charge is 0.258 e. The molecule has 0 saturated carbocycles. The number of halogens is 1. The Bertz CT molecular complexity index is 446. The van der Waals surface area contributed by atoms with Crippen molar-refractivity contribution in [1.82, 2.24) is 5.32 Å². The van der Waals surface area contributed by atoms with Gasteiger partial charge < -0.3 is 15.2 Å². The Labute approximate surface area is 118 Å². The van der Waals surface area contributed by atoms with Gasteiger partial charge in [0.1, 0.15) is 5.75 Å². The van der Waals surface area contributed by atoms with Crippen molar-refractivity contribution in [3.63, 3.8) is 0 Å². The molecule has 0 atom stereocenters. The Morgan fingerprint density at radius 2 is 2.16 bits per heavy atom. The van der Waals surface area contributed by atoms with Crippen LogP contribution in [-0.4, -0.2) is 23.2 Å². The van der Waals surface area contributed by atoms with Crippen molar-refractivity contribution in [1.29, 1.82) is 0 Å². The average molecular weight is 286 g/mol. The van der Waals surface area contributed by atoms with Crippen LogP contribution in [0.15, 0.2) is 18.2 Å². The Morgan fingerprint density at radius 3 is 2.68 bits per heavy atom. The van der Waals surface area contributed by atoms with E-state index in [9.17, 15) is 4.79 Å². The molecule has 0 aliphatic rings. The van der Waals surface area contributed by atoms with E-state index in [-0.39, 0.29) is 24.7 Å². The molecule has 2 N–H and O–H groups in total. The van der Waals surface area contributed by atoms with Crippen LogP contribution < -0.4 is 10.1 Å². The number of carbonyl (C=O) groups excluding carboxylic acids is 1. The van der Waals surface area contributed by atoms with Gasteiger partial charge in [-0.25, -0.2) is 0 Å². The van der Waals surface area contributed by atoms with Crippen LogP contribution in [0.25, 0.3) is 0 Å². The van der Waals surface area contributed by atoms with Crippen LogP contribution in [0, 0.1) is 0 Å². The van der Waals surface area contributed by atoms with Crippen LogP contribution in [0.5, 0.6) is 5.75 Å². The summed E-state index contributed by atoms with van der Waals surface area (Å²) in [6.45, 7) is 5.75. The van der Waals surface area contributed by atoms with Gasteiger partial charge in [0.15, 0.2) is 6.61 Å². The van der Waals surface area contributed by atoms with Crippen LogP contribution in [0.2, 0.25) is 5.02 Å². The number of hydrogen-bond donors (Lipinski definition) is 2. The molecule has 0 fully saturated rings. The highest BCUT2D eigenvalue weighted by molar-refractivity contribution is 6.32. The standard InChI is InChI=1S/C14H20ClNO3/c1-4-14(2,3)16-13(18)9-19-12-6-5-10(8-17)7-11(12)15/h5-7,17H,4,8-9H2,1-3H3,(H,16,18). The summed E-state index contributed by atoms with van der Waals surface area (Å²) in [7, 11) is 0. The molecule has 0 saturated heterocycles. The second-order valence-corrected chi connectivity index (χ2v) is 5.40. The first-order valence-corrected chi connectivity index (χ1v) is 6.59. The van der Waals surface area contributed by atoms with Gasteiger partial charge in [0.05, 0.1) is 11.6 Å². The molecule has 106 valence electrons. The highest BCUT2D eigenvalue weighted by atomic mass is 35.5. The van der Waals surface area contributed by atoms with Crippen molar-refractivity contribution in [2.24, 2.45) is 0 Å². The van der Waals surface area contributed by atoms with E-state index >= 15 is 0 Å². The van der Waals surface area contributed by atoms with Gasteiger partial charge in [0, 0.05) is 5.54 Å². The number of nitrogens with one attached hydrogen (secondary N) is 1. The van der Waals surface area contributed by atoms with Crippen molar-refractivity contribution in [3.8, 4) is 5.75 Å². The molecule has 1 aromatic carbocycles. The Balaban J connectivity index is 2.55. The molecule has 0 heterocycles. The lowest BCUT2D eigenvalue weighted by Gasteiger charge is -2.24. The highest BCUT2D eigenvalue weighted by Crippen LogP contribution is 2.25. The summed E-state index contributed by atoms with van der Waals surface area (Å²) in [4.78, 5) is 11.7.